The number of amides is 1. The van der Waals surface area contributed by atoms with Gasteiger partial charge in [0.1, 0.15) is 6.33 Å². The predicted molar refractivity (Wildman–Crippen MR) is 98.2 cm³/mol. The van der Waals surface area contributed by atoms with Crippen molar-refractivity contribution in [2.45, 2.75) is 31.7 Å². The number of nitrogens with zero attached hydrogens (tertiary/aromatic N) is 4. The first kappa shape index (κ1) is 18.4. The van der Waals surface area contributed by atoms with Gasteiger partial charge in [-0.25, -0.2) is 18.1 Å². The van der Waals surface area contributed by atoms with E-state index in [-0.39, 0.29) is 0 Å². The molecular formula is C17H23N5O3S. The molecule has 0 aliphatic carbocycles. The average Bonchev–Trinajstić information content (AvgIpc) is 3.09. The Morgan fingerprint density at radius 3 is 2.50 bits per heavy atom. The first-order valence-corrected chi connectivity index (χ1v) is 10.5. The molecule has 9 heteroatoms. The molecule has 0 saturated carbocycles. The molecule has 1 aliphatic heterocycles. The minimum absolute atomic E-state index is 0.300. The van der Waals surface area contributed by atoms with Gasteiger partial charge in [0.05, 0.1) is 12.3 Å². The number of likely N-dealkylation sites (tertiary alicyclic amines) is 1. The maximum Gasteiger partial charge on any atom is 0.229 e. The minimum Gasteiger partial charge on any atom is -0.345 e. The molecule has 1 saturated heterocycles. The van der Waals surface area contributed by atoms with Gasteiger partial charge < -0.3 is 4.90 Å². The van der Waals surface area contributed by atoms with Crippen molar-refractivity contribution >= 4 is 22.1 Å². The zero-order valence-corrected chi connectivity index (χ0v) is 15.5. The van der Waals surface area contributed by atoms with Crippen molar-refractivity contribution in [3.05, 3.63) is 42.0 Å². The summed E-state index contributed by atoms with van der Waals surface area (Å²) in [6.45, 7) is 1.52. The van der Waals surface area contributed by atoms with E-state index in [9.17, 15) is 13.2 Å². The number of hydrogen-bond donors (Lipinski definition) is 1. The number of carbonyl (C=O) groups is 1. The summed E-state index contributed by atoms with van der Waals surface area (Å²) in [7, 11) is -3.25. The summed E-state index contributed by atoms with van der Waals surface area (Å²) >= 11 is 0. The Kier molecular flexibility index (Phi) is 5.55. The van der Waals surface area contributed by atoms with Crippen LogP contribution in [-0.2, 0) is 27.7 Å². The Morgan fingerprint density at radius 2 is 1.88 bits per heavy atom. The Balaban J connectivity index is 1.52. The molecule has 0 unspecified atom stereocenters. The number of anilines is 1. The minimum atomic E-state index is -3.25. The molecule has 0 atom stereocenters. The van der Waals surface area contributed by atoms with Gasteiger partial charge in [0.15, 0.2) is 5.82 Å². The summed E-state index contributed by atoms with van der Waals surface area (Å²) < 4.78 is 26.8. The summed E-state index contributed by atoms with van der Waals surface area (Å²) in [6.07, 6.45) is 7.11. The lowest BCUT2D eigenvalue weighted by Crippen LogP contribution is -2.33. The summed E-state index contributed by atoms with van der Waals surface area (Å²) in [5.74, 6) is 0.793. The molecule has 2 aromatic rings. The first-order chi connectivity index (χ1) is 12.4. The number of piperidine rings is 1. The summed E-state index contributed by atoms with van der Waals surface area (Å²) in [5, 5.41) is 4.57. The van der Waals surface area contributed by atoms with Crippen molar-refractivity contribution in [1.82, 2.24) is 19.7 Å². The van der Waals surface area contributed by atoms with E-state index >= 15 is 0 Å². The highest BCUT2D eigenvalue weighted by atomic mass is 32.2. The van der Waals surface area contributed by atoms with E-state index in [2.05, 4.69) is 14.8 Å². The van der Waals surface area contributed by atoms with Gasteiger partial charge >= 0.3 is 0 Å². The molecule has 0 bridgehead atoms. The molecule has 1 amide bonds. The van der Waals surface area contributed by atoms with E-state index in [1.807, 2.05) is 16.8 Å². The Bertz CT molecular complexity index is 840. The number of hydrogen-bond acceptors (Lipinski definition) is 5. The molecule has 1 aromatic heterocycles. The SMILES string of the molecule is CS(=O)(=O)Nc1ccc(CCc2ncn(C3CCN(C=O)CC3)n2)cc1. The smallest absolute Gasteiger partial charge is 0.229 e. The Labute approximate surface area is 153 Å². The van der Waals surface area contributed by atoms with E-state index in [0.29, 0.717) is 11.7 Å². The zero-order valence-electron chi connectivity index (χ0n) is 14.7. The Hall–Kier alpha value is -2.42. The number of rotatable bonds is 7. The Morgan fingerprint density at radius 1 is 1.19 bits per heavy atom. The number of benzene rings is 1. The molecule has 1 N–H and O–H groups in total. The second-order valence-corrected chi connectivity index (χ2v) is 8.33. The third kappa shape index (κ3) is 5.04. The van der Waals surface area contributed by atoms with Crippen molar-refractivity contribution in [2.75, 3.05) is 24.1 Å². The van der Waals surface area contributed by atoms with Crippen molar-refractivity contribution < 1.29 is 13.2 Å². The predicted octanol–water partition coefficient (Wildman–Crippen LogP) is 1.23. The number of sulfonamides is 1. The maximum atomic E-state index is 11.2. The van der Waals surface area contributed by atoms with Crippen LogP contribution in [0.3, 0.4) is 0 Å². The normalized spacial score (nSPS) is 15.8. The van der Waals surface area contributed by atoms with Gasteiger partial charge in [-0.1, -0.05) is 12.1 Å². The summed E-state index contributed by atoms with van der Waals surface area (Å²) in [4.78, 5) is 17.0. The van der Waals surface area contributed by atoms with Crippen LogP contribution < -0.4 is 4.72 Å². The van der Waals surface area contributed by atoms with Crippen LogP contribution in [0.2, 0.25) is 0 Å². The van der Waals surface area contributed by atoms with E-state index in [0.717, 1.165) is 62.8 Å². The van der Waals surface area contributed by atoms with Crippen LogP contribution in [0.1, 0.15) is 30.3 Å². The molecule has 8 nitrogen and oxygen atoms in total. The second kappa shape index (κ2) is 7.86. The van der Waals surface area contributed by atoms with Gasteiger partial charge in [0, 0.05) is 25.2 Å². The number of carbonyl (C=O) groups excluding carboxylic acids is 1. The van der Waals surface area contributed by atoms with Gasteiger partial charge in [0.25, 0.3) is 0 Å². The van der Waals surface area contributed by atoms with Crippen LogP contribution in [0.25, 0.3) is 0 Å². The number of aromatic nitrogens is 3. The fourth-order valence-corrected chi connectivity index (χ4v) is 3.63. The van der Waals surface area contributed by atoms with E-state index in [1.54, 1.807) is 23.4 Å². The quantitative estimate of drug-likeness (QED) is 0.732. The topological polar surface area (TPSA) is 97.2 Å². The molecule has 1 aliphatic rings. The molecule has 0 spiro atoms. The highest BCUT2D eigenvalue weighted by Crippen LogP contribution is 2.20. The molecule has 2 heterocycles. The standard InChI is InChI=1S/C17H23N5O3S/c1-26(24,25)20-15-5-2-14(3-6-15)4-7-17-18-12-22(19-17)16-8-10-21(13-23)11-9-16/h2-3,5-6,12-13,16,20H,4,7-11H2,1H3. The molecule has 26 heavy (non-hydrogen) atoms. The molecule has 0 radical (unpaired) electrons. The van der Waals surface area contributed by atoms with Gasteiger partial charge in [0.2, 0.25) is 16.4 Å². The largest absolute Gasteiger partial charge is 0.345 e. The lowest BCUT2D eigenvalue weighted by atomic mass is 10.1. The third-order valence-corrected chi connectivity index (χ3v) is 5.08. The van der Waals surface area contributed by atoms with Gasteiger partial charge in [-0.15, -0.1) is 0 Å². The van der Waals surface area contributed by atoms with Gasteiger partial charge in [-0.2, -0.15) is 5.10 Å². The van der Waals surface area contributed by atoms with Crippen LogP contribution in [0.4, 0.5) is 5.69 Å². The molecular weight excluding hydrogens is 354 g/mol. The van der Waals surface area contributed by atoms with Crippen molar-refractivity contribution in [1.29, 1.82) is 0 Å². The lowest BCUT2D eigenvalue weighted by molar-refractivity contribution is -0.119. The highest BCUT2D eigenvalue weighted by molar-refractivity contribution is 7.92. The fraction of sp³-hybridized carbons (Fsp3) is 0.471. The number of aryl methyl sites for hydroxylation is 2. The van der Waals surface area contributed by atoms with Gasteiger partial charge in [-0.05, 0) is 37.0 Å². The average molecular weight is 377 g/mol. The van der Waals surface area contributed by atoms with E-state index < -0.39 is 10.0 Å². The summed E-state index contributed by atoms with van der Waals surface area (Å²) in [5.41, 5.74) is 1.65. The van der Waals surface area contributed by atoms with E-state index in [1.165, 1.54) is 0 Å². The van der Waals surface area contributed by atoms with Crippen LogP contribution >= 0.6 is 0 Å². The fourth-order valence-electron chi connectivity index (χ4n) is 3.07. The third-order valence-electron chi connectivity index (χ3n) is 4.47. The molecule has 140 valence electrons. The molecule has 3 rings (SSSR count). The molecule has 1 aromatic carbocycles. The van der Waals surface area contributed by atoms with Gasteiger partial charge in [-0.3, -0.25) is 9.52 Å². The van der Waals surface area contributed by atoms with Crippen LogP contribution in [0.5, 0.6) is 0 Å². The zero-order chi connectivity index (χ0) is 18.6. The highest BCUT2D eigenvalue weighted by Gasteiger charge is 2.20. The van der Waals surface area contributed by atoms with E-state index in [4.69, 9.17) is 0 Å². The second-order valence-electron chi connectivity index (χ2n) is 6.58. The van der Waals surface area contributed by atoms with Crippen molar-refractivity contribution in [2.24, 2.45) is 0 Å². The van der Waals surface area contributed by atoms with Crippen LogP contribution in [-0.4, -0.2) is 53.8 Å². The van der Waals surface area contributed by atoms with Crippen LogP contribution in [0.15, 0.2) is 30.6 Å². The lowest BCUT2D eigenvalue weighted by Gasteiger charge is -2.28. The number of nitrogens with one attached hydrogen (secondary N) is 1. The maximum absolute atomic E-state index is 11.2. The monoisotopic (exact) mass is 377 g/mol. The first-order valence-electron chi connectivity index (χ1n) is 8.59. The summed E-state index contributed by atoms with van der Waals surface area (Å²) in [6, 6.07) is 7.61. The van der Waals surface area contributed by atoms with Crippen molar-refractivity contribution in [3.8, 4) is 0 Å². The van der Waals surface area contributed by atoms with Crippen molar-refractivity contribution in [3.63, 3.8) is 0 Å². The van der Waals surface area contributed by atoms with Crippen LogP contribution in [0, 0.1) is 0 Å². The molecule has 1 fully saturated rings.